The Morgan fingerprint density at radius 2 is 2.03 bits per heavy atom. The maximum absolute atomic E-state index is 14.4. The Morgan fingerprint density at radius 3 is 2.67 bits per heavy atom. The minimum absolute atomic E-state index is 0.0629. The van der Waals surface area contributed by atoms with E-state index in [0.29, 0.717) is 55.0 Å². The number of hydrogen-bond acceptors (Lipinski definition) is 3. The number of hydrogen-bond donors (Lipinski definition) is 2. The molecule has 30 heavy (non-hydrogen) atoms. The van der Waals surface area contributed by atoms with Gasteiger partial charge in [-0.2, -0.15) is 0 Å². The minimum atomic E-state index is -0.611. The zero-order valence-electron chi connectivity index (χ0n) is 17.0. The molecule has 2 N–H and O–H groups in total. The van der Waals surface area contributed by atoms with E-state index in [4.69, 9.17) is 16.3 Å². The second kappa shape index (κ2) is 9.94. The molecule has 3 rings (SSSR count). The number of nitrogens with one attached hydrogen (secondary N) is 2. The summed E-state index contributed by atoms with van der Waals surface area (Å²) in [5.41, 5.74) is 0.982. The summed E-state index contributed by atoms with van der Waals surface area (Å²) in [5.74, 6) is -0.0742. The van der Waals surface area contributed by atoms with Gasteiger partial charge in [0.25, 0.3) is 0 Å². The average Bonchev–Trinajstić information content (AvgIpc) is 3.10. The van der Waals surface area contributed by atoms with E-state index >= 15 is 0 Å². The van der Waals surface area contributed by atoms with Crippen molar-refractivity contribution in [2.24, 2.45) is 0 Å². The molecular weight excluding hydrogens is 407 g/mol. The second-order valence-electron chi connectivity index (χ2n) is 7.69. The Morgan fingerprint density at radius 1 is 1.27 bits per heavy atom. The van der Waals surface area contributed by atoms with Gasteiger partial charge in [0, 0.05) is 36.0 Å². The molecule has 1 unspecified atom stereocenters. The molecule has 1 aliphatic rings. The summed E-state index contributed by atoms with van der Waals surface area (Å²) < 4.78 is 19.5. The molecular formula is C23H26ClFN2O3. The van der Waals surface area contributed by atoms with Gasteiger partial charge >= 0.3 is 0 Å². The number of ether oxygens (including phenoxy) is 1. The number of amides is 2. The van der Waals surface area contributed by atoms with E-state index in [9.17, 15) is 14.0 Å². The van der Waals surface area contributed by atoms with Crippen LogP contribution in [0.1, 0.15) is 36.8 Å². The van der Waals surface area contributed by atoms with Gasteiger partial charge in [-0.05, 0) is 55.0 Å². The van der Waals surface area contributed by atoms with Crippen LogP contribution < -0.4 is 15.4 Å². The van der Waals surface area contributed by atoms with Crippen LogP contribution in [0, 0.1) is 5.82 Å². The van der Waals surface area contributed by atoms with Gasteiger partial charge in [0.05, 0.1) is 7.11 Å². The molecule has 1 atom stereocenters. The molecule has 2 amide bonds. The van der Waals surface area contributed by atoms with Crippen LogP contribution in [0.3, 0.4) is 0 Å². The largest absolute Gasteiger partial charge is 0.497 e. The molecule has 1 heterocycles. The molecule has 0 aromatic heterocycles. The highest BCUT2D eigenvalue weighted by atomic mass is 35.5. The fourth-order valence-electron chi connectivity index (χ4n) is 3.78. The molecule has 0 bridgehead atoms. The number of rotatable bonds is 9. The van der Waals surface area contributed by atoms with Crippen LogP contribution in [0.2, 0.25) is 5.02 Å². The van der Waals surface area contributed by atoms with Crippen molar-refractivity contribution in [3.63, 3.8) is 0 Å². The SMILES string of the molecule is COc1ccc(CC2(CCC(=O)NCCc3ccc(Cl)cc3)CCC(=O)N2)c(F)c1. The normalized spacial score (nSPS) is 18.2. The van der Waals surface area contributed by atoms with Gasteiger partial charge in [0.2, 0.25) is 11.8 Å². The van der Waals surface area contributed by atoms with Crippen LogP contribution in [0.4, 0.5) is 4.39 Å². The van der Waals surface area contributed by atoms with Crippen molar-refractivity contribution in [1.29, 1.82) is 0 Å². The number of benzene rings is 2. The maximum Gasteiger partial charge on any atom is 0.220 e. The monoisotopic (exact) mass is 432 g/mol. The Kier molecular flexibility index (Phi) is 7.32. The number of halogens is 2. The lowest BCUT2D eigenvalue weighted by Crippen LogP contribution is -2.44. The summed E-state index contributed by atoms with van der Waals surface area (Å²) >= 11 is 5.88. The molecule has 1 aliphatic heterocycles. The summed E-state index contributed by atoms with van der Waals surface area (Å²) in [7, 11) is 1.48. The van der Waals surface area contributed by atoms with Crippen LogP contribution in [0.5, 0.6) is 5.75 Å². The lowest BCUT2D eigenvalue weighted by molar-refractivity contribution is -0.122. The molecule has 1 saturated heterocycles. The predicted octanol–water partition coefficient (Wildman–Crippen LogP) is 3.82. The molecule has 0 radical (unpaired) electrons. The smallest absolute Gasteiger partial charge is 0.220 e. The summed E-state index contributed by atoms with van der Waals surface area (Å²) in [6.07, 6.45) is 2.73. The van der Waals surface area contributed by atoms with E-state index in [1.165, 1.54) is 13.2 Å². The highest BCUT2D eigenvalue weighted by molar-refractivity contribution is 6.30. The average molecular weight is 433 g/mol. The Hall–Kier alpha value is -2.60. The fraction of sp³-hybridized carbons (Fsp3) is 0.391. The van der Waals surface area contributed by atoms with Crippen LogP contribution in [-0.4, -0.2) is 31.0 Å². The Labute approximate surface area is 181 Å². The highest BCUT2D eigenvalue weighted by Crippen LogP contribution is 2.31. The first kappa shape index (κ1) is 22.1. The van der Waals surface area contributed by atoms with E-state index in [1.54, 1.807) is 12.1 Å². The molecule has 5 nitrogen and oxygen atoms in total. The van der Waals surface area contributed by atoms with Crippen molar-refractivity contribution in [2.45, 2.75) is 44.1 Å². The first-order valence-electron chi connectivity index (χ1n) is 10.0. The van der Waals surface area contributed by atoms with Gasteiger partial charge in [-0.3, -0.25) is 9.59 Å². The quantitative estimate of drug-likeness (QED) is 0.633. The summed E-state index contributed by atoms with van der Waals surface area (Å²) in [5, 5.41) is 6.58. The molecule has 160 valence electrons. The lowest BCUT2D eigenvalue weighted by atomic mass is 9.84. The summed E-state index contributed by atoms with van der Waals surface area (Å²) in [6, 6.07) is 12.2. The van der Waals surface area contributed by atoms with Crippen LogP contribution in [0.25, 0.3) is 0 Å². The van der Waals surface area contributed by atoms with Crippen molar-refractivity contribution in [3.8, 4) is 5.75 Å². The molecule has 0 spiro atoms. The predicted molar refractivity (Wildman–Crippen MR) is 114 cm³/mol. The van der Waals surface area contributed by atoms with Crippen molar-refractivity contribution in [1.82, 2.24) is 10.6 Å². The third-order valence-electron chi connectivity index (χ3n) is 5.50. The van der Waals surface area contributed by atoms with Gasteiger partial charge in [-0.1, -0.05) is 29.8 Å². The topological polar surface area (TPSA) is 67.4 Å². The third kappa shape index (κ3) is 5.95. The molecule has 1 fully saturated rings. The third-order valence-corrected chi connectivity index (χ3v) is 5.76. The number of methoxy groups -OCH3 is 1. The van der Waals surface area contributed by atoms with E-state index in [2.05, 4.69) is 10.6 Å². The van der Waals surface area contributed by atoms with Crippen LogP contribution in [-0.2, 0) is 22.4 Å². The molecule has 2 aromatic rings. The maximum atomic E-state index is 14.4. The van der Waals surface area contributed by atoms with Crippen molar-refractivity contribution < 1.29 is 18.7 Å². The van der Waals surface area contributed by atoms with E-state index in [-0.39, 0.29) is 24.1 Å². The van der Waals surface area contributed by atoms with Gasteiger partial charge in [0.1, 0.15) is 11.6 Å². The van der Waals surface area contributed by atoms with Crippen molar-refractivity contribution in [3.05, 3.63) is 64.4 Å². The van der Waals surface area contributed by atoms with E-state index < -0.39 is 5.54 Å². The zero-order valence-corrected chi connectivity index (χ0v) is 17.7. The van der Waals surface area contributed by atoms with E-state index in [1.807, 2.05) is 24.3 Å². The van der Waals surface area contributed by atoms with Gasteiger partial charge < -0.3 is 15.4 Å². The van der Waals surface area contributed by atoms with Crippen LogP contribution in [0.15, 0.2) is 42.5 Å². The lowest BCUT2D eigenvalue weighted by Gasteiger charge is -2.29. The van der Waals surface area contributed by atoms with Gasteiger partial charge in [0.15, 0.2) is 0 Å². The minimum Gasteiger partial charge on any atom is -0.497 e. The van der Waals surface area contributed by atoms with Crippen molar-refractivity contribution in [2.75, 3.05) is 13.7 Å². The number of carbonyl (C=O) groups excluding carboxylic acids is 2. The second-order valence-corrected chi connectivity index (χ2v) is 8.13. The van der Waals surface area contributed by atoms with Crippen LogP contribution >= 0.6 is 11.6 Å². The van der Waals surface area contributed by atoms with Gasteiger partial charge in [-0.25, -0.2) is 4.39 Å². The number of carbonyl (C=O) groups is 2. The fourth-order valence-corrected chi connectivity index (χ4v) is 3.91. The Balaban J connectivity index is 1.55. The van der Waals surface area contributed by atoms with E-state index in [0.717, 1.165) is 5.56 Å². The summed E-state index contributed by atoms with van der Waals surface area (Å²) in [6.45, 7) is 0.521. The first-order valence-corrected chi connectivity index (χ1v) is 10.4. The van der Waals surface area contributed by atoms with Gasteiger partial charge in [-0.15, -0.1) is 0 Å². The molecule has 0 aliphatic carbocycles. The highest BCUT2D eigenvalue weighted by Gasteiger charge is 2.38. The molecule has 2 aromatic carbocycles. The Bertz CT molecular complexity index is 904. The molecule has 0 saturated carbocycles. The molecule has 7 heteroatoms. The zero-order chi connectivity index (χ0) is 21.6. The summed E-state index contributed by atoms with van der Waals surface area (Å²) in [4.78, 5) is 24.2. The van der Waals surface area contributed by atoms with Crippen molar-refractivity contribution >= 4 is 23.4 Å². The standard InChI is InChI=1S/C23H26ClFN2O3/c1-30-19-7-4-17(20(25)14-19)15-23(12-9-22(29)27-23)11-8-21(28)26-13-10-16-2-5-18(24)6-3-16/h2-7,14H,8-13,15H2,1H3,(H,26,28)(H,27,29). The first-order chi connectivity index (χ1) is 14.4.